The van der Waals surface area contributed by atoms with Crippen molar-refractivity contribution in [2.24, 2.45) is 5.92 Å². The summed E-state index contributed by atoms with van der Waals surface area (Å²) in [5.41, 5.74) is 1.78. The summed E-state index contributed by atoms with van der Waals surface area (Å²) in [6.45, 7) is 7.12. The molecule has 0 unspecified atom stereocenters. The summed E-state index contributed by atoms with van der Waals surface area (Å²) < 4.78 is 11.2. The molecular weight excluding hydrogens is 320 g/mol. The molecule has 0 bridgehead atoms. The second-order valence-corrected chi connectivity index (χ2v) is 6.25. The molecule has 1 aromatic carbocycles. The minimum Gasteiger partial charge on any atom is -0.493 e. The van der Waals surface area contributed by atoms with Crippen molar-refractivity contribution >= 4 is 6.03 Å². The van der Waals surface area contributed by atoms with Gasteiger partial charge in [0, 0.05) is 6.20 Å². The van der Waals surface area contributed by atoms with Crippen LogP contribution in [0.3, 0.4) is 0 Å². The number of H-pyrrole nitrogens is 1. The largest absolute Gasteiger partial charge is 0.493 e. The maximum atomic E-state index is 12.0. The molecule has 3 N–H and O–H groups in total. The topological polar surface area (TPSA) is 88.3 Å². The fourth-order valence-electron chi connectivity index (χ4n) is 2.22. The summed E-state index contributed by atoms with van der Waals surface area (Å²) in [5, 5.41) is 12.3. The molecule has 1 heterocycles. The highest BCUT2D eigenvalue weighted by molar-refractivity contribution is 5.74. The highest BCUT2D eigenvalue weighted by Crippen LogP contribution is 2.30. The number of methoxy groups -OCH3 is 1. The average Bonchev–Trinajstić information content (AvgIpc) is 3.11. The van der Waals surface area contributed by atoms with Crippen molar-refractivity contribution < 1.29 is 14.3 Å². The number of urea groups is 1. The Morgan fingerprint density at radius 2 is 2.04 bits per heavy atom. The number of hydrogen-bond donors (Lipinski definition) is 3. The van der Waals surface area contributed by atoms with Gasteiger partial charge in [0.25, 0.3) is 0 Å². The van der Waals surface area contributed by atoms with E-state index >= 15 is 0 Å². The molecule has 1 atom stereocenters. The van der Waals surface area contributed by atoms with E-state index in [-0.39, 0.29) is 12.1 Å². The Morgan fingerprint density at radius 3 is 2.68 bits per heavy atom. The van der Waals surface area contributed by atoms with Crippen molar-refractivity contribution in [1.29, 1.82) is 0 Å². The van der Waals surface area contributed by atoms with E-state index in [2.05, 4.69) is 34.7 Å². The van der Waals surface area contributed by atoms with Crippen molar-refractivity contribution in [1.82, 2.24) is 20.8 Å². The SMILES string of the molecule is COc1cc([C@H](C)NC(=O)NCc2ccn[nH]2)ccc1OCC(C)C. The van der Waals surface area contributed by atoms with Crippen LogP contribution in [0.5, 0.6) is 11.5 Å². The van der Waals surface area contributed by atoms with Gasteiger partial charge in [0.2, 0.25) is 0 Å². The van der Waals surface area contributed by atoms with Crippen LogP contribution in [0.25, 0.3) is 0 Å². The van der Waals surface area contributed by atoms with Gasteiger partial charge in [0.05, 0.1) is 32.0 Å². The van der Waals surface area contributed by atoms with E-state index in [4.69, 9.17) is 9.47 Å². The van der Waals surface area contributed by atoms with Gasteiger partial charge in [-0.2, -0.15) is 5.10 Å². The highest BCUT2D eigenvalue weighted by Gasteiger charge is 2.13. The third-order valence-electron chi connectivity index (χ3n) is 3.61. The molecule has 0 aliphatic heterocycles. The molecule has 0 fully saturated rings. The highest BCUT2D eigenvalue weighted by atomic mass is 16.5. The van der Waals surface area contributed by atoms with Crippen LogP contribution in [0.2, 0.25) is 0 Å². The molecular formula is C18H26N4O3. The second kappa shape index (κ2) is 8.96. The number of ether oxygens (including phenoxy) is 2. The Hall–Kier alpha value is -2.70. The van der Waals surface area contributed by atoms with Gasteiger partial charge in [-0.25, -0.2) is 4.79 Å². The van der Waals surface area contributed by atoms with Crippen molar-refractivity contribution in [3.8, 4) is 11.5 Å². The molecule has 2 amide bonds. The van der Waals surface area contributed by atoms with Gasteiger partial charge in [0.15, 0.2) is 11.5 Å². The van der Waals surface area contributed by atoms with E-state index < -0.39 is 0 Å². The van der Waals surface area contributed by atoms with Gasteiger partial charge in [-0.1, -0.05) is 19.9 Å². The first-order chi connectivity index (χ1) is 12.0. The van der Waals surface area contributed by atoms with E-state index in [0.717, 1.165) is 11.3 Å². The van der Waals surface area contributed by atoms with E-state index in [9.17, 15) is 4.79 Å². The summed E-state index contributed by atoms with van der Waals surface area (Å²) in [5.74, 6) is 1.80. The van der Waals surface area contributed by atoms with E-state index in [1.54, 1.807) is 13.3 Å². The first-order valence-corrected chi connectivity index (χ1v) is 8.33. The Balaban J connectivity index is 1.93. The molecule has 0 aliphatic carbocycles. The summed E-state index contributed by atoms with van der Waals surface area (Å²) in [6.07, 6.45) is 1.65. The number of hydrogen-bond acceptors (Lipinski definition) is 4. The van der Waals surface area contributed by atoms with Crippen LogP contribution >= 0.6 is 0 Å². The molecule has 7 nitrogen and oxygen atoms in total. The average molecular weight is 346 g/mol. The van der Waals surface area contributed by atoms with Crippen LogP contribution in [0.15, 0.2) is 30.5 Å². The van der Waals surface area contributed by atoms with Gasteiger partial charge in [-0.05, 0) is 36.6 Å². The summed E-state index contributed by atoms with van der Waals surface area (Å²) >= 11 is 0. The molecule has 136 valence electrons. The number of carbonyl (C=O) groups is 1. The molecule has 2 aromatic rings. The number of aromatic amines is 1. The molecule has 2 rings (SSSR count). The lowest BCUT2D eigenvalue weighted by molar-refractivity contribution is 0.237. The van der Waals surface area contributed by atoms with Crippen LogP contribution in [-0.2, 0) is 6.54 Å². The van der Waals surface area contributed by atoms with Crippen LogP contribution in [-0.4, -0.2) is 29.9 Å². The predicted molar refractivity (Wildman–Crippen MR) is 95.7 cm³/mol. The van der Waals surface area contributed by atoms with E-state index in [0.29, 0.717) is 30.6 Å². The van der Waals surface area contributed by atoms with Gasteiger partial charge in [-0.15, -0.1) is 0 Å². The minimum absolute atomic E-state index is 0.171. The van der Waals surface area contributed by atoms with Gasteiger partial charge in [-0.3, -0.25) is 5.10 Å². The lowest BCUT2D eigenvalue weighted by Gasteiger charge is -2.18. The minimum atomic E-state index is -0.249. The number of rotatable bonds is 8. The smallest absolute Gasteiger partial charge is 0.315 e. The zero-order valence-corrected chi connectivity index (χ0v) is 15.1. The van der Waals surface area contributed by atoms with Crippen LogP contribution < -0.4 is 20.1 Å². The molecule has 0 saturated heterocycles. The standard InChI is InChI=1S/C18H26N4O3/c1-12(2)11-25-16-6-5-14(9-17(16)24-4)13(3)21-18(23)19-10-15-7-8-20-22-15/h5-9,12-13H,10-11H2,1-4H3,(H,20,22)(H2,19,21,23)/t13-/m0/s1. The molecule has 25 heavy (non-hydrogen) atoms. The lowest BCUT2D eigenvalue weighted by Crippen LogP contribution is -2.36. The third kappa shape index (κ3) is 5.70. The zero-order valence-electron chi connectivity index (χ0n) is 15.1. The van der Waals surface area contributed by atoms with Crippen molar-refractivity contribution in [3.63, 3.8) is 0 Å². The normalized spacial score (nSPS) is 11.9. The number of benzene rings is 1. The molecule has 1 aromatic heterocycles. The van der Waals surface area contributed by atoms with Gasteiger partial charge < -0.3 is 20.1 Å². The molecule has 0 aliphatic rings. The first-order valence-electron chi connectivity index (χ1n) is 8.33. The van der Waals surface area contributed by atoms with Crippen LogP contribution in [0.4, 0.5) is 4.79 Å². The molecule has 0 spiro atoms. The Bertz CT molecular complexity index is 671. The Labute approximate surface area is 148 Å². The second-order valence-electron chi connectivity index (χ2n) is 6.25. The number of nitrogens with zero attached hydrogens (tertiary/aromatic N) is 1. The van der Waals surface area contributed by atoms with Crippen LogP contribution in [0, 0.1) is 5.92 Å². The summed E-state index contributed by atoms with van der Waals surface area (Å²) in [7, 11) is 1.61. The van der Waals surface area contributed by atoms with Crippen molar-refractivity contribution in [3.05, 3.63) is 41.7 Å². The monoisotopic (exact) mass is 346 g/mol. The fourth-order valence-corrected chi connectivity index (χ4v) is 2.22. The predicted octanol–water partition coefficient (Wildman–Crippen LogP) is 3.01. The molecule has 0 radical (unpaired) electrons. The number of nitrogens with one attached hydrogen (secondary N) is 3. The van der Waals surface area contributed by atoms with E-state index in [1.165, 1.54) is 0 Å². The lowest BCUT2D eigenvalue weighted by atomic mass is 10.1. The maximum Gasteiger partial charge on any atom is 0.315 e. The Kier molecular flexibility index (Phi) is 6.68. The third-order valence-corrected chi connectivity index (χ3v) is 3.61. The molecule has 0 saturated carbocycles. The van der Waals surface area contributed by atoms with Crippen LogP contribution in [0.1, 0.15) is 38.1 Å². The van der Waals surface area contributed by atoms with Crippen molar-refractivity contribution in [2.75, 3.05) is 13.7 Å². The van der Waals surface area contributed by atoms with Crippen molar-refractivity contribution in [2.45, 2.75) is 33.4 Å². The van der Waals surface area contributed by atoms with E-state index in [1.807, 2.05) is 31.2 Å². The fraction of sp³-hybridized carbons (Fsp3) is 0.444. The number of aromatic nitrogens is 2. The maximum absolute atomic E-state index is 12.0. The van der Waals surface area contributed by atoms with Gasteiger partial charge >= 0.3 is 6.03 Å². The summed E-state index contributed by atoms with van der Waals surface area (Å²) in [6, 6.07) is 7.07. The molecule has 7 heteroatoms. The zero-order chi connectivity index (χ0) is 18.2. The quantitative estimate of drug-likeness (QED) is 0.685. The number of amides is 2. The first kappa shape index (κ1) is 18.6. The number of carbonyl (C=O) groups excluding carboxylic acids is 1. The van der Waals surface area contributed by atoms with Gasteiger partial charge in [0.1, 0.15) is 0 Å². The Morgan fingerprint density at radius 1 is 1.24 bits per heavy atom. The summed E-state index contributed by atoms with van der Waals surface area (Å²) in [4.78, 5) is 12.0.